The van der Waals surface area contributed by atoms with Gasteiger partial charge in [0.25, 0.3) is 0 Å². The molecule has 27 heavy (non-hydrogen) atoms. The summed E-state index contributed by atoms with van der Waals surface area (Å²) in [5.74, 6) is -2.24. The Labute approximate surface area is 156 Å². The zero-order chi connectivity index (χ0) is 19.2. The van der Waals surface area contributed by atoms with E-state index in [2.05, 4.69) is 5.32 Å². The Balaban J connectivity index is 1.71. The summed E-state index contributed by atoms with van der Waals surface area (Å²) in [7, 11) is 0. The summed E-state index contributed by atoms with van der Waals surface area (Å²) >= 11 is 0. The Morgan fingerprint density at radius 2 is 1.70 bits per heavy atom. The maximum Gasteiger partial charge on any atom is 0.303 e. The molecule has 1 atom stereocenters. The van der Waals surface area contributed by atoms with Gasteiger partial charge in [0.1, 0.15) is 5.82 Å². The zero-order valence-corrected chi connectivity index (χ0v) is 14.5. The van der Waals surface area contributed by atoms with Crippen LogP contribution in [0.4, 0.5) is 10.1 Å². The van der Waals surface area contributed by atoms with E-state index in [-0.39, 0.29) is 18.7 Å². The van der Waals surface area contributed by atoms with E-state index in [0.29, 0.717) is 11.3 Å². The molecule has 0 radical (unpaired) electrons. The lowest BCUT2D eigenvalue weighted by molar-refractivity contribution is -0.137. The van der Waals surface area contributed by atoms with Crippen LogP contribution in [0.3, 0.4) is 0 Å². The number of nitrogens with one attached hydrogen (secondary N) is 1. The molecule has 2 N–H and O–H groups in total. The predicted molar refractivity (Wildman–Crippen MR) is 100 cm³/mol. The van der Waals surface area contributed by atoms with Crippen molar-refractivity contribution in [1.82, 2.24) is 4.57 Å². The van der Waals surface area contributed by atoms with Gasteiger partial charge in [0, 0.05) is 36.1 Å². The molecule has 6 heteroatoms. The number of rotatable bonds is 7. The van der Waals surface area contributed by atoms with Crippen LogP contribution in [0.25, 0.3) is 5.69 Å². The maximum atomic E-state index is 13.1. The Hall–Kier alpha value is -3.41. The van der Waals surface area contributed by atoms with E-state index in [1.165, 1.54) is 24.3 Å². The highest BCUT2D eigenvalue weighted by atomic mass is 19.1. The van der Waals surface area contributed by atoms with Crippen molar-refractivity contribution in [3.63, 3.8) is 0 Å². The first kappa shape index (κ1) is 18.4. The van der Waals surface area contributed by atoms with Crippen LogP contribution in [0, 0.1) is 5.82 Å². The number of aromatic nitrogens is 1. The maximum absolute atomic E-state index is 13.1. The number of carboxylic acids is 1. The fraction of sp³-hybridized carbons (Fsp3) is 0.143. The topological polar surface area (TPSA) is 71.3 Å². The second kappa shape index (κ2) is 8.31. The number of aliphatic carboxylic acids is 1. The van der Waals surface area contributed by atoms with Crippen LogP contribution in [-0.2, 0) is 9.59 Å². The summed E-state index contributed by atoms with van der Waals surface area (Å²) < 4.78 is 15.0. The van der Waals surface area contributed by atoms with Crippen molar-refractivity contribution < 1.29 is 19.1 Å². The average Bonchev–Trinajstić information content (AvgIpc) is 3.16. The van der Waals surface area contributed by atoms with E-state index in [4.69, 9.17) is 5.11 Å². The number of carbonyl (C=O) groups excluding carboxylic acids is 1. The Bertz CT molecular complexity index is 921. The van der Waals surface area contributed by atoms with Crippen LogP contribution >= 0.6 is 0 Å². The van der Waals surface area contributed by atoms with Gasteiger partial charge in [0.05, 0.1) is 6.42 Å². The lowest BCUT2D eigenvalue weighted by Gasteiger charge is -2.15. The van der Waals surface area contributed by atoms with Crippen molar-refractivity contribution >= 4 is 17.6 Å². The van der Waals surface area contributed by atoms with Crippen molar-refractivity contribution in [1.29, 1.82) is 0 Å². The average molecular weight is 366 g/mol. The molecule has 3 aromatic rings. The molecule has 0 fully saturated rings. The molecule has 138 valence electrons. The highest BCUT2D eigenvalue weighted by Gasteiger charge is 2.19. The molecule has 5 nitrogen and oxygen atoms in total. The van der Waals surface area contributed by atoms with E-state index in [1.807, 2.05) is 47.3 Å². The molecule has 0 spiro atoms. The van der Waals surface area contributed by atoms with Crippen LogP contribution in [0.5, 0.6) is 0 Å². The van der Waals surface area contributed by atoms with E-state index in [9.17, 15) is 14.0 Å². The Morgan fingerprint density at radius 3 is 2.37 bits per heavy atom. The predicted octanol–water partition coefficient (Wildman–Crippen LogP) is 4.20. The van der Waals surface area contributed by atoms with Crippen LogP contribution in [0.2, 0.25) is 0 Å². The van der Waals surface area contributed by atoms with Gasteiger partial charge in [-0.05, 0) is 48.0 Å². The number of halogens is 1. The van der Waals surface area contributed by atoms with Gasteiger partial charge in [-0.25, -0.2) is 4.39 Å². The monoisotopic (exact) mass is 366 g/mol. The molecule has 1 heterocycles. The number of benzene rings is 2. The number of nitrogens with zero attached hydrogens (tertiary/aromatic N) is 1. The first-order valence-electron chi connectivity index (χ1n) is 8.52. The molecule has 1 amide bonds. The molecule has 0 aliphatic carbocycles. The molecule has 1 unspecified atom stereocenters. The van der Waals surface area contributed by atoms with Crippen LogP contribution in [0.15, 0.2) is 73.1 Å². The summed E-state index contributed by atoms with van der Waals surface area (Å²) in [4.78, 5) is 23.6. The summed E-state index contributed by atoms with van der Waals surface area (Å²) in [6, 6.07) is 16.7. The van der Waals surface area contributed by atoms with Crippen LogP contribution in [-0.4, -0.2) is 21.6 Å². The van der Waals surface area contributed by atoms with Gasteiger partial charge in [-0.3, -0.25) is 9.59 Å². The summed E-state index contributed by atoms with van der Waals surface area (Å²) in [5.41, 5.74) is 2.15. The second-order valence-electron chi connectivity index (χ2n) is 6.24. The molecule has 0 saturated heterocycles. The molecule has 3 rings (SSSR count). The summed E-state index contributed by atoms with van der Waals surface area (Å²) in [5, 5.41) is 11.9. The number of hydrogen-bond donors (Lipinski definition) is 2. The van der Waals surface area contributed by atoms with Crippen LogP contribution < -0.4 is 5.32 Å². The van der Waals surface area contributed by atoms with Crippen LogP contribution in [0.1, 0.15) is 24.3 Å². The summed E-state index contributed by atoms with van der Waals surface area (Å²) in [6.45, 7) is 0. The highest BCUT2D eigenvalue weighted by molar-refractivity contribution is 5.91. The number of hydrogen-bond acceptors (Lipinski definition) is 2. The minimum atomic E-state index is -1.01. The smallest absolute Gasteiger partial charge is 0.303 e. The highest BCUT2D eigenvalue weighted by Crippen LogP contribution is 2.25. The quantitative estimate of drug-likeness (QED) is 0.658. The van der Waals surface area contributed by atoms with Gasteiger partial charge in [-0.15, -0.1) is 0 Å². The van der Waals surface area contributed by atoms with Crippen molar-refractivity contribution in [2.45, 2.75) is 18.8 Å². The lowest BCUT2D eigenvalue weighted by Crippen LogP contribution is -2.18. The molecule has 0 saturated carbocycles. The minimum Gasteiger partial charge on any atom is -0.481 e. The molecule has 0 aliphatic heterocycles. The van der Waals surface area contributed by atoms with Crippen molar-refractivity contribution in [3.8, 4) is 5.69 Å². The fourth-order valence-corrected chi connectivity index (χ4v) is 2.94. The van der Waals surface area contributed by atoms with Gasteiger partial charge in [0.2, 0.25) is 5.91 Å². The molecule has 0 bridgehead atoms. The van der Waals surface area contributed by atoms with Gasteiger partial charge in [-0.2, -0.15) is 0 Å². The minimum absolute atomic E-state index is 0.00825. The lowest BCUT2D eigenvalue weighted by atomic mass is 9.92. The molecule has 2 aromatic carbocycles. The molecular formula is C21H19FN2O3. The first-order chi connectivity index (χ1) is 13.0. The Kier molecular flexibility index (Phi) is 5.66. The van der Waals surface area contributed by atoms with Gasteiger partial charge < -0.3 is 15.0 Å². The van der Waals surface area contributed by atoms with Gasteiger partial charge in [0.15, 0.2) is 0 Å². The SMILES string of the molecule is O=C(O)CC(CC(=O)Nc1cccc(-n2cccc2)c1)c1ccc(F)cc1. The molecule has 1 aromatic heterocycles. The third-order valence-electron chi connectivity index (χ3n) is 4.23. The van der Waals surface area contributed by atoms with Gasteiger partial charge >= 0.3 is 5.97 Å². The number of amides is 1. The fourth-order valence-electron chi connectivity index (χ4n) is 2.94. The normalized spacial score (nSPS) is 11.7. The van der Waals surface area contributed by atoms with Crippen molar-refractivity contribution in [2.75, 3.05) is 5.32 Å². The largest absolute Gasteiger partial charge is 0.481 e. The molecular weight excluding hydrogens is 347 g/mol. The standard InChI is InChI=1S/C21H19FN2O3/c22-17-8-6-15(7-9-17)16(13-21(26)27)12-20(25)23-18-4-3-5-19(14-18)24-10-1-2-11-24/h1-11,14,16H,12-13H2,(H,23,25)(H,26,27). The number of anilines is 1. The van der Waals surface area contributed by atoms with E-state index in [0.717, 1.165) is 5.69 Å². The summed E-state index contributed by atoms with van der Waals surface area (Å²) in [6.07, 6.45) is 3.59. The van der Waals surface area contributed by atoms with Crippen molar-refractivity contribution in [2.24, 2.45) is 0 Å². The van der Waals surface area contributed by atoms with Crippen molar-refractivity contribution in [3.05, 3.63) is 84.4 Å². The van der Waals surface area contributed by atoms with E-state index < -0.39 is 17.7 Å². The van der Waals surface area contributed by atoms with E-state index >= 15 is 0 Å². The third-order valence-corrected chi connectivity index (χ3v) is 4.23. The zero-order valence-electron chi connectivity index (χ0n) is 14.5. The third kappa shape index (κ3) is 5.04. The Morgan fingerprint density at radius 1 is 1.00 bits per heavy atom. The number of carbonyl (C=O) groups is 2. The van der Waals surface area contributed by atoms with E-state index in [1.54, 1.807) is 6.07 Å². The first-order valence-corrected chi connectivity index (χ1v) is 8.52. The second-order valence-corrected chi connectivity index (χ2v) is 6.24. The van der Waals surface area contributed by atoms with Gasteiger partial charge in [-0.1, -0.05) is 18.2 Å². The molecule has 0 aliphatic rings. The number of carboxylic acid groups (broad SMARTS) is 1.